The van der Waals surface area contributed by atoms with E-state index in [0.29, 0.717) is 11.3 Å². The zero-order valence-electron chi connectivity index (χ0n) is 20.4. The second-order valence-electron chi connectivity index (χ2n) is 8.43. The summed E-state index contributed by atoms with van der Waals surface area (Å²) < 4.78 is 39.5. The molecule has 9 heteroatoms. The summed E-state index contributed by atoms with van der Waals surface area (Å²) in [7, 11) is -3.78. The van der Waals surface area contributed by atoms with Gasteiger partial charge in [0, 0.05) is 12.6 Å². The summed E-state index contributed by atoms with van der Waals surface area (Å²) in [4.78, 5) is 27.6. The maximum absolute atomic E-state index is 13.4. The van der Waals surface area contributed by atoms with Crippen molar-refractivity contribution in [3.05, 3.63) is 65.5 Å². The van der Waals surface area contributed by atoms with Crippen LogP contribution in [0.4, 0.5) is 10.1 Å². The van der Waals surface area contributed by atoms with Crippen molar-refractivity contribution in [1.29, 1.82) is 0 Å². The Morgan fingerprint density at radius 3 is 2.03 bits per heavy atom. The zero-order valence-corrected chi connectivity index (χ0v) is 21.2. The van der Waals surface area contributed by atoms with Gasteiger partial charge in [0.25, 0.3) is 0 Å². The number of sulfonamides is 1. The topological polar surface area (TPSA) is 86.8 Å². The summed E-state index contributed by atoms with van der Waals surface area (Å²) in [5, 5.41) is 2.86. The molecule has 0 spiro atoms. The molecular formula is C25H34FN3O4S. The molecule has 0 aliphatic carbocycles. The fourth-order valence-corrected chi connectivity index (χ4v) is 4.20. The minimum absolute atomic E-state index is 0.0284. The van der Waals surface area contributed by atoms with Gasteiger partial charge in [0.05, 0.1) is 11.9 Å². The van der Waals surface area contributed by atoms with Crippen LogP contribution in [0, 0.1) is 5.82 Å². The summed E-state index contributed by atoms with van der Waals surface area (Å²) in [5.41, 5.74) is 2.03. The van der Waals surface area contributed by atoms with Crippen molar-refractivity contribution < 1.29 is 22.4 Å². The molecule has 7 nitrogen and oxygen atoms in total. The maximum atomic E-state index is 13.4. The average molecular weight is 492 g/mol. The van der Waals surface area contributed by atoms with Crippen molar-refractivity contribution in [1.82, 2.24) is 10.2 Å². The SMILES string of the molecule is CCc1ccc(N(CC(=O)N(Cc2ccc(F)cc2)[C@H](C)C(=O)N[C@H](C)CC)S(C)(=O)=O)cc1. The molecule has 0 aliphatic rings. The second-order valence-corrected chi connectivity index (χ2v) is 10.3. The molecule has 2 atom stereocenters. The summed E-state index contributed by atoms with van der Waals surface area (Å²) in [6.07, 6.45) is 2.56. The highest BCUT2D eigenvalue weighted by Gasteiger charge is 2.30. The largest absolute Gasteiger partial charge is 0.352 e. The maximum Gasteiger partial charge on any atom is 0.244 e. The Morgan fingerprint density at radius 1 is 0.971 bits per heavy atom. The molecule has 0 saturated heterocycles. The molecule has 2 amide bonds. The first kappa shape index (κ1) is 27.3. The normalized spacial score (nSPS) is 13.1. The molecule has 1 N–H and O–H groups in total. The lowest BCUT2D eigenvalue weighted by atomic mass is 10.1. The zero-order chi connectivity index (χ0) is 25.5. The van der Waals surface area contributed by atoms with Crippen LogP contribution in [-0.2, 0) is 32.6 Å². The lowest BCUT2D eigenvalue weighted by Crippen LogP contribution is -2.52. The Balaban J connectivity index is 2.36. The molecule has 0 radical (unpaired) electrons. The van der Waals surface area contributed by atoms with Gasteiger partial charge in [-0.2, -0.15) is 0 Å². The van der Waals surface area contributed by atoms with E-state index in [1.54, 1.807) is 19.1 Å². The first-order valence-corrected chi connectivity index (χ1v) is 13.2. The van der Waals surface area contributed by atoms with E-state index in [0.717, 1.165) is 29.0 Å². The van der Waals surface area contributed by atoms with E-state index in [4.69, 9.17) is 0 Å². The Hall–Kier alpha value is -2.94. The fraction of sp³-hybridized carbons (Fsp3) is 0.440. The van der Waals surface area contributed by atoms with Crippen molar-refractivity contribution in [2.75, 3.05) is 17.1 Å². The Labute approximate surface area is 202 Å². The summed E-state index contributed by atoms with van der Waals surface area (Å²) in [5.74, 6) is -1.30. The summed E-state index contributed by atoms with van der Waals surface area (Å²) >= 11 is 0. The molecule has 2 aromatic rings. The Morgan fingerprint density at radius 2 is 1.53 bits per heavy atom. The van der Waals surface area contributed by atoms with Crippen LogP contribution in [0.5, 0.6) is 0 Å². The van der Waals surface area contributed by atoms with Gasteiger partial charge in [0.15, 0.2) is 0 Å². The van der Waals surface area contributed by atoms with E-state index in [-0.39, 0.29) is 18.5 Å². The highest BCUT2D eigenvalue weighted by Crippen LogP contribution is 2.20. The monoisotopic (exact) mass is 491 g/mol. The van der Waals surface area contributed by atoms with Crippen molar-refractivity contribution in [2.24, 2.45) is 0 Å². The quantitative estimate of drug-likeness (QED) is 0.521. The van der Waals surface area contributed by atoms with Crippen LogP contribution >= 0.6 is 0 Å². The third-order valence-electron chi connectivity index (χ3n) is 5.75. The number of nitrogens with zero attached hydrogens (tertiary/aromatic N) is 2. The van der Waals surface area contributed by atoms with E-state index in [2.05, 4.69) is 5.32 Å². The fourth-order valence-electron chi connectivity index (χ4n) is 3.35. The standard InChI is InChI=1S/C25H34FN3O4S/c1-6-18(3)27-25(31)19(4)28(16-21-8-12-22(26)13-9-21)24(30)17-29(34(5,32)33)23-14-10-20(7-2)11-15-23/h8-15,18-19H,6-7,16-17H2,1-5H3,(H,27,31)/t18-,19-/m1/s1. The first-order chi connectivity index (χ1) is 16.0. The van der Waals surface area contributed by atoms with E-state index >= 15 is 0 Å². The lowest BCUT2D eigenvalue weighted by molar-refractivity contribution is -0.139. The third kappa shape index (κ3) is 7.55. The lowest BCUT2D eigenvalue weighted by Gasteiger charge is -2.32. The van der Waals surface area contributed by atoms with Crippen molar-refractivity contribution in [3.63, 3.8) is 0 Å². The number of amides is 2. The molecule has 0 saturated carbocycles. The van der Waals surface area contributed by atoms with Crippen LogP contribution in [0.2, 0.25) is 0 Å². The number of halogens is 1. The van der Waals surface area contributed by atoms with Gasteiger partial charge in [0.1, 0.15) is 18.4 Å². The van der Waals surface area contributed by atoms with Gasteiger partial charge >= 0.3 is 0 Å². The first-order valence-electron chi connectivity index (χ1n) is 11.4. The molecule has 0 aromatic heterocycles. The van der Waals surface area contributed by atoms with Gasteiger partial charge in [-0.1, -0.05) is 38.1 Å². The van der Waals surface area contributed by atoms with Crippen LogP contribution in [0.15, 0.2) is 48.5 Å². The van der Waals surface area contributed by atoms with E-state index in [1.165, 1.54) is 29.2 Å². The van der Waals surface area contributed by atoms with Gasteiger partial charge in [-0.15, -0.1) is 0 Å². The summed E-state index contributed by atoms with van der Waals surface area (Å²) in [6, 6.07) is 11.6. The van der Waals surface area contributed by atoms with Gasteiger partial charge in [0.2, 0.25) is 21.8 Å². The van der Waals surface area contributed by atoms with Gasteiger partial charge in [-0.05, 0) is 62.1 Å². The minimum Gasteiger partial charge on any atom is -0.352 e. The number of nitrogens with one attached hydrogen (secondary N) is 1. The number of hydrogen-bond acceptors (Lipinski definition) is 4. The Bertz CT molecular complexity index is 1070. The summed E-state index contributed by atoms with van der Waals surface area (Å²) in [6.45, 7) is 6.95. The molecule has 186 valence electrons. The number of anilines is 1. The van der Waals surface area contributed by atoms with Crippen LogP contribution in [0.1, 0.15) is 45.2 Å². The molecule has 0 heterocycles. The average Bonchev–Trinajstić information content (AvgIpc) is 2.80. The number of benzene rings is 2. The smallest absolute Gasteiger partial charge is 0.244 e. The third-order valence-corrected chi connectivity index (χ3v) is 6.89. The van der Waals surface area contributed by atoms with E-state index < -0.39 is 34.3 Å². The van der Waals surface area contributed by atoms with E-state index in [9.17, 15) is 22.4 Å². The van der Waals surface area contributed by atoms with Crippen LogP contribution in [0.3, 0.4) is 0 Å². The van der Waals surface area contributed by atoms with Gasteiger partial charge in [-0.3, -0.25) is 13.9 Å². The van der Waals surface area contributed by atoms with E-state index in [1.807, 2.05) is 32.9 Å². The highest BCUT2D eigenvalue weighted by atomic mass is 32.2. The molecule has 2 aromatic carbocycles. The van der Waals surface area contributed by atoms with Crippen LogP contribution in [-0.4, -0.2) is 50.0 Å². The molecule has 0 aliphatic heterocycles. The second kappa shape index (κ2) is 12.0. The van der Waals surface area contributed by atoms with Crippen LogP contribution < -0.4 is 9.62 Å². The van der Waals surface area contributed by atoms with Crippen molar-refractivity contribution in [2.45, 2.75) is 59.2 Å². The molecule has 2 rings (SSSR count). The van der Waals surface area contributed by atoms with Crippen LogP contribution in [0.25, 0.3) is 0 Å². The van der Waals surface area contributed by atoms with Gasteiger partial charge in [-0.25, -0.2) is 12.8 Å². The number of hydrogen-bond donors (Lipinski definition) is 1. The van der Waals surface area contributed by atoms with Crippen molar-refractivity contribution >= 4 is 27.5 Å². The molecule has 34 heavy (non-hydrogen) atoms. The predicted octanol–water partition coefficient (Wildman–Crippen LogP) is 3.49. The number of carbonyl (C=O) groups is 2. The number of aryl methyl sites for hydroxylation is 1. The minimum atomic E-state index is -3.78. The number of carbonyl (C=O) groups excluding carboxylic acids is 2. The Kier molecular flexibility index (Phi) is 9.61. The molecule has 0 bridgehead atoms. The highest BCUT2D eigenvalue weighted by molar-refractivity contribution is 7.92. The molecule has 0 fully saturated rings. The predicted molar refractivity (Wildman–Crippen MR) is 132 cm³/mol. The van der Waals surface area contributed by atoms with Crippen molar-refractivity contribution in [3.8, 4) is 0 Å². The molecular weight excluding hydrogens is 457 g/mol. The van der Waals surface area contributed by atoms with Gasteiger partial charge < -0.3 is 10.2 Å². The molecule has 0 unspecified atom stereocenters. The number of rotatable bonds is 11.